The molecule has 0 saturated carbocycles. The Hall–Kier alpha value is -1.71. The standard InChI is InChI=1S/C16H24N2O2/c1-12-7-9-18(10-8-12)16(19)13(2)17-14-5-4-6-15(11-14)20-3/h4-6,11-13,17H,7-10H2,1-3H3. The van der Waals surface area contributed by atoms with E-state index in [-0.39, 0.29) is 11.9 Å². The summed E-state index contributed by atoms with van der Waals surface area (Å²) in [6.07, 6.45) is 2.22. The average Bonchev–Trinajstić information content (AvgIpc) is 2.47. The number of nitrogens with zero attached hydrogens (tertiary/aromatic N) is 1. The molecule has 1 aliphatic heterocycles. The zero-order chi connectivity index (χ0) is 14.5. The van der Waals surface area contributed by atoms with Gasteiger partial charge in [0.2, 0.25) is 5.91 Å². The summed E-state index contributed by atoms with van der Waals surface area (Å²) < 4.78 is 5.19. The summed E-state index contributed by atoms with van der Waals surface area (Å²) in [5.74, 6) is 1.71. The number of rotatable bonds is 4. The summed E-state index contributed by atoms with van der Waals surface area (Å²) in [5, 5.41) is 3.25. The number of ether oxygens (including phenoxy) is 1. The maximum Gasteiger partial charge on any atom is 0.244 e. The van der Waals surface area contributed by atoms with E-state index in [1.807, 2.05) is 36.1 Å². The van der Waals surface area contributed by atoms with Gasteiger partial charge in [0.05, 0.1) is 7.11 Å². The molecule has 0 spiro atoms. The van der Waals surface area contributed by atoms with E-state index in [9.17, 15) is 4.79 Å². The van der Waals surface area contributed by atoms with Crippen molar-refractivity contribution in [1.29, 1.82) is 0 Å². The summed E-state index contributed by atoms with van der Waals surface area (Å²) in [7, 11) is 1.64. The zero-order valence-electron chi connectivity index (χ0n) is 12.6. The number of hydrogen-bond acceptors (Lipinski definition) is 3. The molecule has 0 aliphatic carbocycles. The van der Waals surface area contributed by atoms with E-state index in [1.165, 1.54) is 0 Å². The quantitative estimate of drug-likeness (QED) is 0.919. The Morgan fingerprint density at radius 1 is 1.40 bits per heavy atom. The number of carbonyl (C=O) groups excluding carboxylic acids is 1. The highest BCUT2D eigenvalue weighted by atomic mass is 16.5. The number of methoxy groups -OCH3 is 1. The third kappa shape index (κ3) is 3.65. The fraction of sp³-hybridized carbons (Fsp3) is 0.562. The normalized spacial score (nSPS) is 17.6. The molecule has 1 saturated heterocycles. The highest BCUT2D eigenvalue weighted by molar-refractivity contribution is 5.84. The lowest BCUT2D eigenvalue weighted by Crippen LogP contribution is -2.45. The Bertz CT molecular complexity index is 454. The summed E-state index contributed by atoms with van der Waals surface area (Å²) >= 11 is 0. The minimum atomic E-state index is -0.212. The molecular weight excluding hydrogens is 252 g/mol. The molecule has 1 aromatic carbocycles. The second-order valence-corrected chi connectivity index (χ2v) is 5.61. The van der Waals surface area contributed by atoms with Gasteiger partial charge in [0, 0.05) is 24.8 Å². The van der Waals surface area contributed by atoms with Crippen LogP contribution in [0.15, 0.2) is 24.3 Å². The second-order valence-electron chi connectivity index (χ2n) is 5.61. The lowest BCUT2D eigenvalue weighted by Gasteiger charge is -2.32. The van der Waals surface area contributed by atoms with E-state index in [4.69, 9.17) is 4.74 Å². The number of likely N-dealkylation sites (tertiary alicyclic amines) is 1. The fourth-order valence-electron chi connectivity index (χ4n) is 2.53. The largest absolute Gasteiger partial charge is 0.497 e. The van der Waals surface area contributed by atoms with Gasteiger partial charge < -0.3 is 15.0 Å². The van der Waals surface area contributed by atoms with Crippen LogP contribution in [-0.4, -0.2) is 37.0 Å². The van der Waals surface area contributed by atoms with Crippen molar-refractivity contribution in [2.75, 3.05) is 25.5 Å². The highest BCUT2D eigenvalue weighted by Crippen LogP contribution is 2.20. The first-order valence-electron chi connectivity index (χ1n) is 7.29. The Morgan fingerprint density at radius 2 is 2.10 bits per heavy atom. The van der Waals surface area contributed by atoms with Crippen molar-refractivity contribution in [2.45, 2.75) is 32.7 Å². The van der Waals surface area contributed by atoms with Gasteiger partial charge in [-0.15, -0.1) is 0 Å². The van der Waals surface area contributed by atoms with Crippen LogP contribution < -0.4 is 10.1 Å². The van der Waals surface area contributed by atoms with Gasteiger partial charge in [-0.1, -0.05) is 13.0 Å². The molecule has 1 N–H and O–H groups in total. The molecule has 20 heavy (non-hydrogen) atoms. The third-order valence-electron chi connectivity index (χ3n) is 3.92. The molecule has 1 heterocycles. The summed E-state index contributed by atoms with van der Waals surface area (Å²) in [6.45, 7) is 5.92. The average molecular weight is 276 g/mol. The maximum atomic E-state index is 12.4. The van der Waals surface area contributed by atoms with Gasteiger partial charge in [-0.3, -0.25) is 4.79 Å². The molecule has 0 bridgehead atoms. The molecule has 0 radical (unpaired) electrons. The van der Waals surface area contributed by atoms with Crippen molar-refractivity contribution in [1.82, 2.24) is 4.90 Å². The van der Waals surface area contributed by atoms with Crippen LogP contribution in [0, 0.1) is 5.92 Å². The van der Waals surface area contributed by atoms with Crippen LogP contribution in [0.1, 0.15) is 26.7 Å². The van der Waals surface area contributed by atoms with Gasteiger partial charge in [0.1, 0.15) is 11.8 Å². The predicted molar refractivity (Wildman–Crippen MR) is 81.1 cm³/mol. The molecule has 4 nitrogen and oxygen atoms in total. The number of nitrogens with one attached hydrogen (secondary N) is 1. The van der Waals surface area contributed by atoms with Gasteiger partial charge in [-0.2, -0.15) is 0 Å². The molecule has 1 atom stereocenters. The number of benzene rings is 1. The molecule has 1 aromatic rings. The van der Waals surface area contributed by atoms with Crippen molar-refractivity contribution >= 4 is 11.6 Å². The lowest BCUT2D eigenvalue weighted by atomic mass is 9.99. The zero-order valence-corrected chi connectivity index (χ0v) is 12.6. The number of piperidine rings is 1. The van der Waals surface area contributed by atoms with Crippen LogP contribution in [0.25, 0.3) is 0 Å². The van der Waals surface area contributed by atoms with Crippen molar-refractivity contribution in [3.8, 4) is 5.75 Å². The fourth-order valence-corrected chi connectivity index (χ4v) is 2.53. The van der Waals surface area contributed by atoms with E-state index in [0.717, 1.165) is 43.3 Å². The molecule has 2 rings (SSSR count). The first kappa shape index (κ1) is 14.7. The van der Waals surface area contributed by atoms with Crippen molar-refractivity contribution in [2.24, 2.45) is 5.92 Å². The molecule has 1 amide bonds. The molecular formula is C16H24N2O2. The Morgan fingerprint density at radius 3 is 2.75 bits per heavy atom. The van der Waals surface area contributed by atoms with Crippen LogP contribution in [0.2, 0.25) is 0 Å². The highest BCUT2D eigenvalue weighted by Gasteiger charge is 2.24. The topological polar surface area (TPSA) is 41.6 Å². The van der Waals surface area contributed by atoms with E-state index in [1.54, 1.807) is 7.11 Å². The van der Waals surface area contributed by atoms with Crippen LogP contribution in [0.4, 0.5) is 5.69 Å². The van der Waals surface area contributed by atoms with Gasteiger partial charge in [-0.05, 0) is 37.8 Å². The van der Waals surface area contributed by atoms with Gasteiger partial charge in [-0.25, -0.2) is 0 Å². The Kier molecular flexibility index (Phi) is 4.88. The SMILES string of the molecule is COc1cccc(NC(C)C(=O)N2CCC(C)CC2)c1. The molecule has 1 unspecified atom stereocenters. The predicted octanol–water partition coefficient (Wildman–Crippen LogP) is 2.75. The molecule has 1 aliphatic rings. The monoisotopic (exact) mass is 276 g/mol. The number of amides is 1. The van der Waals surface area contributed by atoms with E-state index in [0.29, 0.717) is 0 Å². The lowest BCUT2D eigenvalue weighted by molar-refractivity contribution is -0.132. The Balaban J connectivity index is 1.93. The van der Waals surface area contributed by atoms with Crippen molar-refractivity contribution < 1.29 is 9.53 Å². The first-order valence-corrected chi connectivity index (χ1v) is 7.29. The maximum absolute atomic E-state index is 12.4. The van der Waals surface area contributed by atoms with Gasteiger partial charge in [0.15, 0.2) is 0 Å². The summed E-state index contributed by atoms with van der Waals surface area (Å²) in [4.78, 5) is 14.4. The smallest absolute Gasteiger partial charge is 0.244 e. The van der Waals surface area contributed by atoms with E-state index < -0.39 is 0 Å². The van der Waals surface area contributed by atoms with Gasteiger partial charge in [0.25, 0.3) is 0 Å². The van der Waals surface area contributed by atoms with E-state index in [2.05, 4.69) is 12.2 Å². The van der Waals surface area contributed by atoms with Crippen LogP contribution in [0.5, 0.6) is 5.75 Å². The third-order valence-corrected chi connectivity index (χ3v) is 3.92. The molecule has 0 aromatic heterocycles. The van der Waals surface area contributed by atoms with Crippen LogP contribution in [-0.2, 0) is 4.79 Å². The van der Waals surface area contributed by atoms with Gasteiger partial charge >= 0.3 is 0 Å². The summed E-state index contributed by atoms with van der Waals surface area (Å²) in [6, 6.07) is 7.45. The van der Waals surface area contributed by atoms with Crippen molar-refractivity contribution in [3.05, 3.63) is 24.3 Å². The Labute approximate surface area is 121 Å². The molecule has 4 heteroatoms. The van der Waals surface area contributed by atoms with Crippen LogP contribution >= 0.6 is 0 Å². The van der Waals surface area contributed by atoms with Crippen LogP contribution in [0.3, 0.4) is 0 Å². The number of carbonyl (C=O) groups is 1. The van der Waals surface area contributed by atoms with E-state index >= 15 is 0 Å². The minimum Gasteiger partial charge on any atom is -0.497 e. The number of hydrogen-bond donors (Lipinski definition) is 1. The molecule has 1 fully saturated rings. The minimum absolute atomic E-state index is 0.180. The molecule has 110 valence electrons. The number of anilines is 1. The second kappa shape index (κ2) is 6.64. The first-order chi connectivity index (χ1) is 9.60. The van der Waals surface area contributed by atoms with Crippen molar-refractivity contribution in [3.63, 3.8) is 0 Å². The summed E-state index contributed by atoms with van der Waals surface area (Å²) in [5.41, 5.74) is 0.913.